The summed E-state index contributed by atoms with van der Waals surface area (Å²) in [6, 6.07) is 16.2. The molecule has 1 N–H and O–H groups in total. The van der Waals surface area contributed by atoms with Crippen molar-refractivity contribution in [1.29, 1.82) is 0 Å². The first-order chi connectivity index (χ1) is 14.1. The number of rotatable bonds is 6. The monoisotopic (exact) mass is 445 g/mol. The lowest BCUT2D eigenvalue weighted by atomic mass is 10.2. The van der Waals surface area contributed by atoms with Crippen LogP contribution in [0.2, 0.25) is 10.0 Å². The first-order valence-corrected chi connectivity index (χ1v) is 10.2. The van der Waals surface area contributed by atoms with Gasteiger partial charge in [-0.25, -0.2) is 10.4 Å². The van der Waals surface area contributed by atoms with E-state index in [1.807, 2.05) is 24.3 Å². The molecule has 0 bridgehead atoms. The number of benzene rings is 2. The first kappa shape index (κ1) is 19.6. The molecule has 146 valence electrons. The van der Waals surface area contributed by atoms with Gasteiger partial charge in [0.25, 0.3) is 11.1 Å². The van der Waals surface area contributed by atoms with Crippen molar-refractivity contribution in [3.05, 3.63) is 70.4 Å². The Morgan fingerprint density at radius 3 is 2.79 bits per heavy atom. The maximum absolute atomic E-state index is 11.9. The number of amides is 1. The van der Waals surface area contributed by atoms with E-state index in [1.54, 1.807) is 30.3 Å². The molecule has 0 unspecified atom stereocenters. The average Bonchev–Trinajstić information content (AvgIpc) is 3.35. The van der Waals surface area contributed by atoms with E-state index in [0.717, 1.165) is 11.1 Å². The van der Waals surface area contributed by atoms with E-state index >= 15 is 0 Å². The van der Waals surface area contributed by atoms with Crippen LogP contribution in [0.3, 0.4) is 0 Å². The molecule has 0 aliphatic heterocycles. The molecular formula is C20H13Cl2N3O3S. The largest absolute Gasteiger partial charge is 0.455 e. The van der Waals surface area contributed by atoms with Crippen LogP contribution in [0.5, 0.6) is 0 Å². The number of carbonyl (C=O) groups is 1. The van der Waals surface area contributed by atoms with Gasteiger partial charge in [-0.05, 0) is 42.5 Å². The topological polar surface area (TPSA) is 80.6 Å². The van der Waals surface area contributed by atoms with Gasteiger partial charge in [-0.1, -0.05) is 47.1 Å². The fourth-order valence-corrected chi connectivity index (χ4v) is 3.40. The Balaban J connectivity index is 1.31. The summed E-state index contributed by atoms with van der Waals surface area (Å²) in [5, 5.41) is 5.26. The summed E-state index contributed by atoms with van der Waals surface area (Å²) in [4.78, 5) is 16.2. The lowest BCUT2D eigenvalue weighted by Gasteiger charge is -1.99. The lowest BCUT2D eigenvalue weighted by molar-refractivity contribution is -0.118. The van der Waals surface area contributed by atoms with E-state index in [9.17, 15) is 4.79 Å². The zero-order chi connectivity index (χ0) is 20.2. The quantitative estimate of drug-likeness (QED) is 0.236. The number of hydrogen-bond donors (Lipinski definition) is 1. The third kappa shape index (κ3) is 4.82. The molecule has 4 aromatic rings. The van der Waals surface area contributed by atoms with Gasteiger partial charge < -0.3 is 8.83 Å². The van der Waals surface area contributed by atoms with E-state index in [-0.39, 0.29) is 11.7 Å². The number of aromatic nitrogens is 1. The maximum atomic E-state index is 11.9. The molecule has 0 atom stereocenters. The smallest absolute Gasteiger partial charge is 0.257 e. The van der Waals surface area contributed by atoms with Gasteiger partial charge in [-0.2, -0.15) is 5.10 Å². The van der Waals surface area contributed by atoms with Crippen LogP contribution in [0.25, 0.3) is 22.4 Å². The van der Waals surface area contributed by atoms with Crippen LogP contribution >= 0.6 is 35.0 Å². The Hall–Kier alpha value is -2.74. The highest BCUT2D eigenvalue weighted by Gasteiger charge is 2.09. The van der Waals surface area contributed by atoms with Crippen molar-refractivity contribution in [3.8, 4) is 11.3 Å². The SMILES string of the molecule is O=C(CSc1nc2ccccc2o1)N/N=C\c1ccc(-c2ccc(Cl)c(Cl)c2)o1. The minimum absolute atomic E-state index is 0.122. The minimum Gasteiger partial charge on any atom is -0.455 e. The van der Waals surface area contributed by atoms with E-state index < -0.39 is 0 Å². The highest BCUT2D eigenvalue weighted by atomic mass is 35.5. The Bertz CT molecular complexity index is 1170. The second kappa shape index (κ2) is 8.73. The van der Waals surface area contributed by atoms with Gasteiger partial charge in [0.2, 0.25) is 0 Å². The molecule has 9 heteroatoms. The molecule has 0 fully saturated rings. The molecule has 6 nitrogen and oxygen atoms in total. The highest BCUT2D eigenvalue weighted by Crippen LogP contribution is 2.29. The van der Waals surface area contributed by atoms with Gasteiger partial charge in [0.1, 0.15) is 17.0 Å². The summed E-state index contributed by atoms with van der Waals surface area (Å²) in [6.07, 6.45) is 1.42. The molecule has 0 saturated carbocycles. The van der Waals surface area contributed by atoms with Gasteiger partial charge in [0.15, 0.2) is 5.58 Å². The lowest BCUT2D eigenvalue weighted by Crippen LogP contribution is -2.19. The Labute approximate surface area is 179 Å². The van der Waals surface area contributed by atoms with Gasteiger partial charge in [-0.15, -0.1) is 0 Å². The second-order valence-electron chi connectivity index (χ2n) is 5.86. The number of hydrazone groups is 1. The zero-order valence-electron chi connectivity index (χ0n) is 14.8. The molecule has 1 amide bonds. The first-order valence-electron chi connectivity index (χ1n) is 8.44. The molecule has 0 saturated heterocycles. The molecule has 29 heavy (non-hydrogen) atoms. The van der Waals surface area contributed by atoms with Crippen LogP contribution < -0.4 is 5.43 Å². The van der Waals surface area contributed by atoms with Crippen molar-refractivity contribution < 1.29 is 13.6 Å². The van der Waals surface area contributed by atoms with Crippen molar-refractivity contribution in [2.45, 2.75) is 5.22 Å². The molecule has 4 rings (SSSR count). The van der Waals surface area contributed by atoms with Crippen molar-refractivity contribution in [3.63, 3.8) is 0 Å². The summed E-state index contributed by atoms with van der Waals surface area (Å²) >= 11 is 13.1. The number of hydrogen-bond acceptors (Lipinski definition) is 6. The van der Waals surface area contributed by atoms with Crippen molar-refractivity contribution >= 4 is 58.2 Å². The number of halogens is 2. The Morgan fingerprint density at radius 1 is 1.10 bits per heavy atom. The Kier molecular flexibility index (Phi) is 5.89. The Morgan fingerprint density at radius 2 is 1.97 bits per heavy atom. The van der Waals surface area contributed by atoms with E-state index in [4.69, 9.17) is 32.0 Å². The number of para-hydroxylation sites is 2. The fraction of sp³-hybridized carbons (Fsp3) is 0.0500. The van der Waals surface area contributed by atoms with Crippen LogP contribution in [-0.4, -0.2) is 22.9 Å². The number of furan rings is 1. The van der Waals surface area contributed by atoms with E-state index in [2.05, 4.69) is 15.5 Å². The molecule has 0 radical (unpaired) electrons. The van der Waals surface area contributed by atoms with Crippen molar-refractivity contribution in [2.24, 2.45) is 5.10 Å². The standard InChI is InChI=1S/C20H13Cl2N3O3S/c21-14-7-5-12(9-15(14)22)17-8-6-13(27-17)10-23-25-19(26)11-29-20-24-16-3-1-2-4-18(16)28-20/h1-10H,11H2,(H,25,26)/b23-10-. The summed E-state index contributed by atoms with van der Waals surface area (Å²) in [5.41, 5.74) is 4.67. The predicted molar refractivity (Wildman–Crippen MR) is 115 cm³/mol. The van der Waals surface area contributed by atoms with Gasteiger partial charge in [-0.3, -0.25) is 4.79 Å². The normalized spacial score (nSPS) is 11.4. The van der Waals surface area contributed by atoms with Crippen molar-refractivity contribution in [1.82, 2.24) is 10.4 Å². The third-order valence-corrected chi connectivity index (χ3v) is 5.38. The van der Waals surface area contributed by atoms with Crippen LogP contribution in [0.1, 0.15) is 5.76 Å². The predicted octanol–water partition coefficient (Wildman–Crippen LogP) is 5.64. The van der Waals surface area contributed by atoms with Crippen LogP contribution in [-0.2, 0) is 4.79 Å². The number of thioether (sulfide) groups is 1. The van der Waals surface area contributed by atoms with Crippen LogP contribution in [0.15, 0.2) is 73.8 Å². The van der Waals surface area contributed by atoms with E-state index in [1.165, 1.54) is 18.0 Å². The molecule has 2 heterocycles. The van der Waals surface area contributed by atoms with Gasteiger partial charge in [0, 0.05) is 5.56 Å². The highest BCUT2D eigenvalue weighted by molar-refractivity contribution is 7.99. The third-order valence-electron chi connectivity index (χ3n) is 3.81. The number of carbonyl (C=O) groups excluding carboxylic acids is 1. The minimum atomic E-state index is -0.287. The summed E-state index contributed by atoms with van der Waals surface area (Å²) < 4.78 is 11.2. The number of nitrogens with one attached hydrogen (secondary N) is 1. The average molecular weight is 446 g/mol. The number of nitrogens with zero attached hydrogens (tertiary/aromatic N) is 2. The molecule has 0 aliphatic rings. The van der Waals surface area contributed by atoms with Gasteiger partial charge in [0.05, 0.1) is 22.0 Å². The number of oxazole rings is 1. The molecule has 0 spiro atoms. The molecular weight excluding hydrogens is 433 g/mol. The summed E-state index contributed by atoms with van der Waals surface area (Å²) in [5.74, 6) is 0.933. The van der Waals surface area contributed by atoms with Crippen LogP contribution in [0, 0.1) is 0 Å². The summed E-state index contributed by atoms with van der Waals surface area (Å²) in [6.45, 7) is 0. The second-order valence-corrected chi connectivity index (χ2v) is 7.60. The maximum Gasteiger partial charge on any atom is 0.257 e. The fourth-order valence-electron chi connectivity index (χ4n) is 2.47. The number of fused-ring (bicyclic) bond motifs is 1. The van der Waals surface area contributed by atoms with E-state index in [0.29, 0.717) is 32.4 Å². The molecule has 2 aromatic carbocycles. The van der Waals surface area contributed by atoms with Crippen molar-refractivity contribution in [2.75, 3.05) is 5.75 Å². The van der Waals surface area contributed by atoms with Gasteiger partial charge >= 0.3 is 0 Å². The molecule has 2 aromatic heterocycles. The zero-order valence-corrected chi connectivity index (χ0v) is 17.1. The van der Waals surface area contributed by atoms with Crippen LogP contribution in [0.4, 0.5) is 0 Å². The molecule has 0 aliphatic carbocycles. The summed E-state index contributed by atoms with van der Waals surface area (Å²) in [7, 11) is 0.